The molecule has 0 saturated carbocycles. The molecule has 0 bridgehead atoms. The molecule has 0 spiro atoms. The molecule has 1 aromatic rings. The first-order chi connectivity index (χ1) is 13.7. The monoisotopic (exact) mass is 422 g/mol. The topological polar surface area (TPSA) is 73.8 Å². The van der Waals surface area contributed by atoms with Crippen LogP contribution in [0.4, 0.5) is 0 Å². The predicted octanol–water partition coefficient (Wildman–Crippen LogP) is 2.80. The molecule has 1 atom stereocenters. The van der Waals surface area contributed by atoms with Crippen molar-refractivity contribution in [2.24, 2.45) is 10.9 Å². The Kier molecular flexibility index (Phi) is 9.43. The van der Waals surface area contributed by atoms with E-state index in [4.69, 9.17) is 0 Å². The molecule has 0 aliphatic carbocycles. The highest BCUT2D eigenvalue weighted by atomic mass is 32.2. The summed E-state index contributed by atoms with van der Waals surface area (Å²) in [5.41, 5.74) is 2.52. The van der Waals surface area contributed by atoms with E-state index in [9.17, 15) is 8.42 Å². The van der Waals surface area contributed by atoms with E-state index in [2.05, 4.69) is 51.7 Å². The third-order valence-corrected chi connectivity index (χ3v) is 6.35. The van der Waals surface area contributed by atoms with Gasteiger partial charge in [-0.1, -0.05) is 31.2 Å². The van der Waals surface area contributed by atoms with Crippen LogP contribution in [-0.2, 0) is 22.9 Å². The molecular weight excluding hydrogens is 384 g/mol. The Hall–Kier alpha value is -1.60. The first-order valence-electron chi connectivity index (χ1n) is 10.8. The summed E-state index contributed by atoms with van der Waals surface area (Å²) >= 11 is 0. The first kappa shape index (κ1) is 23.7. The van der Waals surface area contributed by atoms with Gasteiger partial charge in [0.15, 0.2) is 5.96 Å². The van der Waals surface area contributed by atoms with Crippen LogP contribution in [0.25, 0.3) is 0 Å². The zero-order valence-corrected chi connectivity index (χ0v) is 19.3. The van der Waals surface area contributed by atoms with Gasteiger partial charge in [-0.3, -0.25) is 4.90 Å². The van der Waals surface area contributed by atoms with Crippen molar-refractivity contribution in [3.63, 3.8) is 0 Å². The van der Waals surface area contributed by atoms with Crippen LogP contribution in [0.2, 0.25) is 0 Å². The summed E-state index contributed by atoms with van der Waals surface area (Å²) < 4.78 is 22.7. The summed E-state index contributed by atoms with van der Waals surface area (Å²) in [5, 5.41) is 6.53. The molecule has 1 unspecified atom stereocenters. The molecular formula is C22H38N4O2S. The number of aliphatic imine (C=N–C) groups is 1. The maximum Gasteiger partial charge on any atom is 0.191 e. The van der Waals surface area contributed by atoms with Crippen molar-refractivity contribution >= 4 is 15.8 Å². The second-order valence-electron chi connectivity index (χ2n) is 8.43. The van der Waals surface area contributed by atoms with E-state index in [1.54, 1.807) is 0 Å². The van der Waals surface area contributed by atoms with Gasteiger partial charge in [0.05, 0.1) is 12.3 Å². The fourth-order valence-corrected chi connectivity index (χ4v) is 4.20. The van der Waals surface area contributed by atoms with Gasteiger partial charge in [0.1, 0.15) is 9.84 Å². The SMILES string of the molecule is CCNC(=NCc1ccc(CN2CCC(C)CC2)cc1)NC(C)CCS(C)(=O)=O. The summed E-state index contributed by atoms with van der Waals surface area (Å²) in [7, 11) is -2.94. The minimum absolute atomic E-state index is 0.0390. The number of piperidine rings is 1. The lowest BCUT2D eigenvalue weighted by Crippen LogP contribution is -2.42. The van der Waals surface area contributed by atoms with Gasteiger partial charge in [0, 0.05) is 25.4 Å². The Balaban J connectivity index is 1.86. The van der Waals surface area contributed by atoms with Crippen molar-refractivity contribution < 1.29 is 8.42 Å². The molecule has 1 aromatic carbocycles. The Labute approximate surface area is 177 Å². The minimum Gasteiger partial charge on any atom is -0.357 e. The van der Waals surface area contributed by atoms with E-state index in [0.29, 0.717) is 13.0 Å². The number of nitrogens with zero attached hydrogens (tertiary/aromatic N) is 2. The molecule has 0 radical (unpaired) electrons. The van der Waals surface area contributed by atoms with Gasteiger partial charge in [-0.25, -0.2) is 13.4 Å². The molecule has 1 heterocycles. The van der Waals surface area contributed by atoms with Gasteiger partial charge in [0.25, 0.3) is 0 Å². The number of likely N-dealkylation sites (tertiary alicyclic amines) is 1. The quantitative estimate of drug-likeness (QED) is 0.473. The van der Waals surface area contributed by atoms with Crippen molar-refractivity contribution in [2.75, 3.05) is 31.6 Å². The Morgan fingerprint density at radius 2 is 1.83 bits per heavy atom. The van der Waals surface area contributed by atoms with Gasteiger partial charge >= 0.3 is 0 Å². The highest BCUT2D eigenvalue weighted by Crippen LogP contribution is 2.18. The highest BCUT2D eigenvalue weighted by Gasteiger charge is 2.15. The number of benzene rings is 1. The molecule has 1 aliphatic heterocycles. The van der Waals surface area contributed by atoms with E-state index in [1.807, 2.05) is 13.8 Å². The number of guanidine groups is 1. The third kappa shape index (κ3) is 9.63. The maximum absolute atomic E-state index is 11.3. The van der Waals surface area contributed by atoms with Crippen molar-refractivity contribution in [1.82, 2.24) is 15.5 Å². The van der Waals surface area contributed by atoms with Crippen LogP contribution in [0, 0.1) is 5.92 Å². The Bertz CT molecular complexity index is 739. The van der Waals surface area contributed by atoms with E-state index in [1.165, 1.54) is 43.3 Å². The Morgan fingerprint density at radius 1 is 1.21 bits per heavy atom. The fraction of sp³-hybridized carbons (Fsp3) is 0.682. The van der Waals surface area contributed by atoms with Gasteiger partial charge in [-0.15, -0.1) is 0 Å². The molecule has 164 valence electrons. The average Bonchev–Trinajstić information content (AvgIpc) is 2.67. The van der Waals surface area contributed by atoms with Gasteiger partial charge in [-0.05, 0) is 63.2 Å². The molecule has 6 nitrogen and oxygen atoms in total. The standard InChI is InChI=1S/C22H38N4O2S/c1-5-23-22(25-19(3)12-15-29(4,27)28)24-16-20-6-8-21(9-7-20)17-26-13-10-18(2)11-14-26/h6-9,18-19H,5,10-17H2,1-4H3,(H2,23,24,25). The van der Waals surface area contributed by atoms with Crippen molar-refractivity contribution in [3.8, 4) is 0 Å². The van der Waals surface area contributed by atoms with Crippen LogP contribution in [-0.4, -0.2) is 57.0 Å². The summed E-state index contributed by atoms with van der Waals surface area (Å²) in [4.78, 5) is 7.20. The third-order valence-electron chi connectivity index (χ3n) is 5.37. The van der Waals surface area contributed by atoms with Crippen LogP contribution >= 0.6 is 0 Å². The van der Waals surface area contributed by atoms with Crippen molar-refractivity contribution in [1.29, 1.82) is 0 Å². The van der Waals surface area contributed by atoms with Gasteiger partial charge in [0.2, 0.25) is 0 Å². The summed E-state index contributed by atoms with van der Waals surface area (Å²) in [5.74, 6) is 1.76. The van der Waals surface area contributed by atoms with Crippen molar-refractivity contribution in [2.45, 2.75) is 59.2 Å². The molecule has 1 saturated heterocycles. The lowest BCUT2D eigenvalue weighted by Gasteiger charge is -2.30. The van der Waals surface area contributed by atoms with Crippen molar-refractivity contribution in [3.05, 3.63) is 35.4 Å². The molecule has 0 aromatic heterocycles. The number of rotatable bonds is 9. The van der Waals surface area contributed by atoms with E-state index < -0.39 is 9.84 Å². The zero-order valence-electron chi connectivity index (χ0n) is 18.4. The number of nitrogens with one attached hydrogen (secondary N) is 2. The molecule has 0 amide bonds. The number of sulfone groups is 1. The maximum atomic E-state index is 11.3. The van der Waals surface area contributed by atoms with Gasteiger partial charge < -0.3 is 10.6 Å². The number of hydrogen-bond donors (Lipinski definition) is 2. The fourth-order valence-electron chi connectivity index (χ4n) is 3.42. The molecule has 1 fully saturated rings. The normalized spacial score (nSPS) is 17.9. The highest BCUT2D eigenvalue weighted by molar-refractivity contribution is 7.90. The first-order valence-corrected chi connectivity index (χ1v) is 12.8. The largest absolute Gasteiger partial charge is 0.357 e. The molecule has 1 aliphatic rings. The van der Waals surface area contributed by atoms with Crippen LogP contribution in [0.1, 0.15) is 51.2 Å². The number of hydrogen-bond acceptors (Lipinski definition) is 4. The van der Waals surface area contributed by atoms with Crippen LogP contribution < -0.4 is 10.6 Å². The van der Waals surface area contributed by atoms with Crippen LogP contribution in [0.15, 0.2) is 29.3 Å². The van der Waals surface area contributed by atoms with Crippen LogP contribution in [0.5, 0.6) is 0 Å². The van der Waals surface area contributed by atoms with Gasteiger partial charge in [-0.2, -0.15) is 0 Å². The molecule has 2 N–H and O–H groups in total. The second kappa shape index (κ2) is 11.6. The summed E-state index contributed by atoms with van der Waals surface area (Å²) in [6, 6.07) is 8.76. The summed E-state index contributed by atoms with van der Waals surface area (Å²) in [6.45, 7) is 11.1. The Morgan fingerprint density at radius 3 is 2.41 bits per heavy atom. The van der Waals surface area contributed by atoms with E-state index in [-0.39, 0.29) is 11.8 Å². The summed E-state index contributed by atoms with van der Waals surface area (Å²) in [6.07, 6.45) is 4.44. The molecule has 29 heavy (non-hydrogen) atoms. The predicted molar refractivity (Wildman–Crippen MR) is 122 cm³/mol. The lowest BCUT2D eigenvalue weighted by atomic mass is 9.99. The molecule has 7 heteroatoms. The van der Waals surface area contributed by atoms with E-state index >= 15 is 0 Å². The smallest absolute Gasteiger partial charge is 0.191 e. The second-order valence-corrected chi connectivity index (χ2v) is 10.7. The zero-order chi connectivity index (χ0) is 21.3. The molecule has 2 rings (SSSR count). The average molecular weight is 423 g/mol. The van der Waals surface area contributed by atoms with E-state index in [0.717, 1.165) is 25.0 Å². The van der Waals surface area contributed by atoms with Crippen LogP contribution in [0.3, 0.4) is 0 Å². The minimum atomic E-state index is -2.94. The lowest BCUT2D eigenvalue weighted by molar-refractivity contribution is 0.185.